The van der Waals surface area contributed by atoms with E-state index in [-0.39, 0.29) is 17.9 Å². The Morgan fingerprint density at radius 1 is 1.09 bits per heavy atom. The number of benzene rings is 1. The number of carbonyl (C=O) groups is 2. The second kappa shape index (κ2) is 7.02. The molecular weight excluding hydrogens is 290 g/mol. The molecule has 5 nitrogen and oxygen atoms in total. The summed E-state index contributed by atoms with van der Waals surface area (Å²) in [4.78, 5) is 28.4. The van der Waals surface area contributed by atoms with Crippen molar-refractivity contribution in [2.45, 2.75) is 38.6 Å². The second-order valence-corrected chi connectivity index (χ2v) is 6.49. The normalized spacial score (nSPS) is 21.3. The van der Waals surface area contributed by atoms with Crippen LogP contribution in [0.25, 0.3) is 0 Å². The molecule has 2 aliphatic heterocycles. The minimum absolute atomic E-state index is 0.0251. The van der Waals surface area contributed by atoms with Crippen LogP contribution in [-0.4, -0.2) is 48.9 Å². The van der Waals surface area contributed by atoms with Gasteiger partial charge in [-0.1, -0.05) is 12.1 Å². The molecular formula is C18H25N3O2. The number of piperidine rings is 1. The third-order valence-corrected chi connectivity index (χ3v) is 4.80. The molecule has 0 bridgehead atoms. The molecule has 2 saturated heterocycles. The summed E-state index contributed by atoms with van der Waals surface area (Å²) in [6.45, 7) is 5.05. The molecule has 0 saturated carbocycles. The molecule has 1 aromatic rings. The minimum Gasteiger partial charge on any atom is -0.371 e. The summed E-state index contributed by atoms with van der Waals surface area (Å²) in [5.74, 6) is 0.0596. The fourth-order valence-corrected chi connectivity index (χ4v) is 3.54. The van der Waals surface area contributed by atoms with E-state index < -0.39 is 0 Å². The number of nitrogens with one attached hydrogen (secondary N) is 1. The van der Waals surface area contributed by atoms with Crippen LogP contribution in [0.5, 0.6) is 0 Å². The lowest BCUT2D eigenvalue weighted by Crippen LogP contribution is -2.49. The van der Waals surface area contributed by atoms with E-state index in [2.05, 4.69) is 10.2 Å². The van der Waals surface area contributed by atoms with Crippen molar-refractivity contribution in [3.05, 3.63) is 29.8 Å². The highest BCUT2D eigenvalue weighted by atomic mass is 16.2. The lowest BCUT2D eigenvalue weighted by atomic mass is 10.0. The van der Waals surface area contributed by atoms with Gasteiger partial charge in [0.25, 0.3) is 5.91 Å². The van der Waals surface area contributed by atoms with Crippen molar-refractivity contribution in [2.24, 2.45) is 0 Å². The molecule has 2 heterocycles. The zero-order chi connectivity index (χ0) is 16.2. The molecule has 23 heavy (non-hydrogen) atoms. The summed E-state index contributed by atoms with van der Waals surface area (Å²) in [6, 6.07) is 7.88. The zero-order valence-corrected chi connectivity index (χ0v) is 13.8. The van der Waals surface area contributed by atoms with Crippen LogP contribution >= 0.6 is 0 Å². The maximum atomic E-state index is 12.7. The number of likely N-dealkylation sites (tertiary alicyclic amines) is 1. The number of hydrogen-bond acceptors (Lipinski definition) is 3. The van der Waals surface area contributed by atoms with Crippen molar-refractivity contribution in [3.63, 3.8) is 0 Å². The smallest absolute Gasteiger partial charge is 0.253 e. The average molecular weight is 315 g/mol. The van der Waals surface area contributed by atoms with Crippen molar-refractivity contribution in [2.75, 3.05) is 31.1 Å². The topological polar surface area (TPSA) is 52.7 Å². The number of amides is 2. The number of nitrogens with zero attached hydrogens (tertiary/aromatic N) is 2. The third kappa shape index (κ3) is 3.66. The number of carbonyl (C=O) groups excluding carboxylic acids is 2. The Hall–Kier alpha value is -2.04. The van der Waals surface area contributed by atoms with Gasteiger partial charge in [-0.05, 0) is 37.8 Å². The van der Waals surface area contributed by atoms with Crippen molar-refractivity contribution in [1.82, 2.24) is 10.2 Å². The fraction of sp³-hybridized carbons (Fsp3) is 0.556. The van der Waals surface area contributed by atoms with E-state index in [9.17, 15) is 9.59 Å². The first-order chi connectivity index (χ1) is 11.1. The Bertz CT molecular complexity index is 581. The van der Waals surface area contributed by atoms with Gasteiger partial charge in [0.05, 0.1) is 5.56 Å². The molecule has 0 radical (unpaired) electrons. The molecule has 5 heteroatoms. The zero-order valence-electron chi connectivity index (χ0n) is 13.8. The SMILES string of the molecule is CC(=O)N1CCC[C@H](NC(=O)c2ccccc2N2CCCC2)C1. The summed E-state index contributed by atoms with van der Waals surface area (Å²) in [7, 11) is 0. The summed E-state index contributed by atoms with van der Waals surface area (Å²) >= 11 is 0. The molecule has 124 valence electrons. The van der Waals surface area contributed by atoms with Gasteiger partial charge in [-0.25, -0.2) is 0 Å². The third-order valence-electron chi connectivity index (χ3n) is 4.80. The molecule has 3 rings (SSSR count). The molecule has 0 aliphatic carbocycles. The van der Waals surface area contributed by atoms with E-state index in [0.29, 0.717) is 6.54 Å². The number of rotatable bonds is 3. The van der Waals surface area contributed by atoms with Crippen LogP contribution in [-0.2, 0) is 4.79 Å². The molecule has 1 aromatic carbocycles. The fourth-order valence-electron chi connectivity index (χ4n) is 3.54. The van der Waals surface area contributed by atoms with E-state index in [0.717, 1.165) is 43.7 Å². The first-order valence-corrected chi connectivity index (χ1v) is 8.55. The summed E-state index contributed by atoms with van der Waals surface area (Å²) in [5, 5.41) is 3.12. The van der Waals surface area contributed by atoms with Crippen molar-refractivity contribution >= 4 is 17.5 Å². The summed E-state index contributed by atoms with van der Waals surface area (Å²) in [6.07, 6.45) is 4.25. The Balaban J connectivity index is 1.70. The van der Waals surface area contributed by atoms with Gasteiger partial charge in [-0.3, -0.25) is 9.59 Å². The van der Waals surface area contributed by atoms with Gasteiger partial charge in [0.1, 0.15) is 0 Å². The van der Waals surface area contributed by atoms with Gasteiger partial charge in [0.2, 0.25) is 5.91 Å². The van der Waals surface area contributed by atoms with E-state index in [4.69, 9.17) is 0 Å². The Labute approximate surface area is 137 Å². The van der Waals surface area contributed by atoms with Gasteiger partial charge in [-0.2, -0.15) is 0 Å². The van der Waals surface area contributed by atoms with Crippen LogP contribution in [0.3, 0.4) is 0 Å². The molecule has 0 spiro atoms. The maximum absolute atomic E-state index is 12.7. The first-order valence-electron chi connectivity index (χ1n) is 8.55. The van der Waals surface area contributed by atoms with Gasteiger partial charge < -0.3 is 15.1 Å². The predicted molar refractivity (Wildman–Crippen MR) is 90.6 cm³/mol. The monoisotopic (exact) mass is 315 g/mol. The Morgan fingerprint density at radius 2 is 1.83 bits per heavy atom. The molecule has 0 aromatic heterocycles. The number of para-hydroxylation sites is 1. The highest BCUT2D eigenvalue weighted by Gasteiger charge is 2.25. The van der Waals surface area contributed by atoms with Crippen molar-refractivity contribution < 1.29 is 9.59 Å². The van der Waals surface area contributed by atoms with E-state index in [1.165, 1.54) is 12.8 Å². The summed E-state index contributed by atoms with van der Waals surface area (Å²) in [5.41, 5.74) is 1.77. The van der Waals surface area contributed by atoms with E-state index in [1.807, 2.05) is 29.2 Å². The van der Waals surface area contributed by atoms with Gasteiger partial charge in [0.15, 0.2) is 0 Å². The molecule has 2 fully saturated rings. The molecule has 2 aliphatic rings. The van der Waals surface area contributed by atoms with Crippen LogP contribution in [0.2, 0.25) is 0 Å². The van der Waals surface area contributed by atoms with Gasteiger partial charge in [0, 0.05) is 44.8 Å². The van der Waals surface area contributed by atoms with Crippen LogP contribution < -0.4 is 10.2 Å². The Morgan fingerprint density at radius 3 is 2.57 bits per heavy atom. The van der Waals surface area contributed by atoms with Crippen molar-refractivity contribution in [3.8, 4) is 0 Å². The lowest BCUT2D eigenvalue weighted by molar-refractivity contribution is -0.130. The molecule has 2 amide bonds. The van der Waals surface area contributed by atoms with Gasteiger partial charge in [-0.15, -0.1) is 0 Å². The minimum atomic E-state index is -0.0251. The van der Waals surface area contributed by atoms with Crippen LogP contribution in [0.4, 0.5) is 5.69 Å². The summed E-state index contributed by atoms with van der Waals surface area (Å²) < 4.78 is 0. The highest BCUT2D eigenvalue weighted by molar-refractivity contribution is 6.00. The molecule has 1 N–H and O–H groups in total. The first kappa shape index (κ1) is 15.8. The molecule has 0 unspecified atom stereocenters. The van der Waals surface area contributed by atoms with Gasteiger partial charge >= 0.3 is 0 Å². The second-order valence-electron chi connectivity index (χ2n) is 6.49. The maximum Gasteiger partial charge on any atom is 0.253 e. The largest absolute Gasteiger partial charge is 0.371 e. The average Bonchev–Trinajstić information content (AvgIpc) is 3.09. The predicted octanol–water partition coefficient (Wildman–Crippen LogP) is 2.03. The number of hydrogen-bond donors (Lipinski definition) is 1. The van der Waals surface area contributed by atoms with E-state index in [1.54, 1.807) is 6.92 Å². The van der Waals surface area contributed by atoms with Crippen LogP contribution in [0.1, 0.15) is 43.0 Å². The Kier molecular flexibility index (Phi) is 4.84. The van der Waals surface area contributed by atoms with Crippen LogP contribution in [0.15, 0.2) is 24.3 Å². The van der Waals surface area contributed by atoms with Crippen LogP contribution in [0, 0.1) is 0 Å². The highest BCUT2D eigenvalue weighted by Crippen LogP contribution is 2.24. The quantitative estimate of drug-likeness (QED) is 0.928. The lowest BCUT2D eigenvalue weighted by Gasteiger charge is -2.32. The molecule has 1 atom stereocenters. The van der Waals surface area contributed by atoms with Crippen molar-refractivity contribution in [1.29, 1.82) is 0 Å². The van der Waals surface area contributed by atoms with E-state index >= 15 is 0 Å². The number of anilines is 1. The standard InChI is InChI=1S/C18H25N3O2/c1-14(22)21-12-6-7-15(13-21)19-18(23)16-8-2-3-9-17(16)20-10-4-5-11-20/h2-3,8-9,15H,4-7,10-13H2,1H3,(H,19,23)/t15-/m0/s1.